The summed E-state index contributed by atoms with van der Waals surface area (Å²) >= 11 is 1.43. The minimum atomic E-state index is -0.654. The zero-order valence-corrected chi connectivity index (χ0v) is 17.4. The summed E-state index contributed by atoms with van der Waals surface area (Å²) in [6.45, 7) is 2.53. The van der Waals surface area contributed by atoms with Crippen molar-refractivity contribution in [2.24, 2.45) is 5.92 Å². The number of halogens is 1. The zero-order valence-electron chi connectivity index (χ0n) is 16.6. The summed E-state index contributed by atoms with van der Waals surface area (Å²) < 4.78 is 20.5. The van der Waals surface area contributed by atoms with Gasteiger partial charge in [0, 0.05) is 23.2 Å². The van der Waals surface area contributed by atoms with Gasteiger partial charge >= 0.3 is 0 Å². The molecule has 0 spiro atoms. The van der Waals surface area contributed by atoms with E-state index in [0.717, 1.165) is 35.0 Å². The smallest absolute Gasteiger partial charge is 0.257 e. The van der Waals surface area contributed by atoms with Gasteiger partial charge in [0.15, 0.2) is 5.82 Å². The fourth-order valence-electron chi connectivity index (χ4n) is 3.85. The van der Waals surface area contributed by atoms with E-state index in [4.69, 9.17) is 15.5 Å². The first-order chi connectivity index (χ1) is 14.6. The van der Waals surface area contributed by atoms with Crippen LogP contribution in [0.2, 0.25) is 0 Å². The average Bonchev–Trinajstić information content (AvgIpc) is 3.14. The largest absolute Gasteiger partial charge is 0.475 e. The lowest BCUT2D eigenvalue weighted by Crippen LogP contribution is -2.11. The van der Waals surface area contributed by atoms with Gasteiger partial charge in [0.05, 0.1) is 13.2 Å². The van der Waals surface area contributed by atoms with E-state index in [1.807, 2.05) is 6.92 Å². The van der Waals surface area contributed by atoms with Gasteiger partial charge < -0.3 is 15.8 Å². The van der Waals surface area contributed by atoms with Crippen molar-refractivity contribution in [2.45, 2.75) is 45.1 Å². The molecule has 0 unspecified atom stereocenters. The minimum absolute atomic E-state index is 0.00186. The van der Waals surface area contributed by atoms with Crippen LogP contribution in [-0.2, 0) is 19.4 Å². The van der Waals surface area contributed by atoms with Crippen molar-refractivity contribution in [1.29, 1.82) is 0 Å². The Balaban J connectivity index is 1.21. The second kappa shape index (κ2) is 7.75. The van der Waals surface area contributed by atoms with Gasteiger partial charge in [-0.25, -0.2) is 0 Å². The maximum Gasteiger partial charge on any atom is 0.257 e. The van der Waals surface area contributed by atoms with Crippen molar-refractivity contribution in [2.75, 3.05) is 17.7 Å². The fourth-order valence-corrected chi connectivity index (χ4v) is 4.50. The molecule has 3 aromatic heterocycles. The molecule has 1 saturated carbocycles. The monoisotopic (exact) mass is 427 g/mol. The third-order valence-corrected chi connectivity index (χ3v) is 6.34. The van der Waals surface area contributed by atoms with E-state index in [2.05, 4.69) is 37.6 Å². The maximum absolute atomic E-state index is 14.8. The van der Waals surface area contributed by atoms with Gasteiger partial charge in [-0.1, -0.05) is 17.4 Å². The quantitative estimate of drug-likeness (QED) is 0.592. The number of nitrogens with zero attached hydrogens (tertiary/aromatic N) is 5. The molecule has 156 valence electrons. The molecule has 5 rings (SSSR count). The molecule has 2 atom stereocenters. The molecule has 1 fully saturated rings. The maximum atomic E-state index is 14.8. The molecular weight excluding hydrogens is 405 g/mol. The van der Waals surface area contributed by atoms with E-state index in [0.29, 0.717) is 25.0 Å². The summed E-state index contributed by atoms with van der Waals surface area (Å²) in [7, 11) is 0. The number of nitrogens with two attached hydrogens (primary N) is 1. The van der Waals surface area contributed by atoms with Crippen LogP contribution in [0.5, 0.6) is 5.88 Å². The highest BCUT2D eigenvalue weighted by atomic mass is 32.1. The predicted octanol–water partition coefficient (Wildman–Crippen LogP) is 3.04. The lowest BCUT2D eigenvalue weighted by atomic mass is 10.1. The highest BCUT2D eigenvalue weighted by molar-refractivity contribution is 7.11. The Morgan fingerprint density at radius 1 is 1.23 bits per heavy atom. The van der Waals surface area contributed by atoms with Crippen LogP contribution in [0.15, 0.2) is 12.1 Å². The van der Waals surface area contributed by atoms with E-state index in [9.17, 15) is 4.39 Å². The summed E-state index contributed by atoms with van der Waals surface area (Å²) in [5.41, 5.74) is 9.46. The molecule has 3 N–H and O–H groups in total. The highest BCUT2D eigenvalue weighted by Gasteiger charge is 2.40. The Morgan fingerprint density at radius 3 is 2.97 bits per heavy atom. The summed E-state index contributed by atoms with van der Waals surface area (Å²) in [6.07, 6.45) is 4.36. The Kier molecular flexibility index (Phi) is 4.93. The molecule has 8 nitrogen and oxygen atoms in total. The molecule has 0 radical (unpaired) electrons. The zero-order chi connectivity index (χ0) is 20.7. The molecular formula is C20H22FN7OS. The molecule has 0 aliphatic heterocycles. The topological polar surface area (TPSA) is 112 Å². The number of ether oxygens (including phenoxy) is 1. The van der Waals surface area contributed by atoms with Gasteiger partial charge in [0.1, 0.15) is 10.0 Å². The van der Waals surface area contributed by atoms with Crippen LogP contribution < -0.4 is 15.8 Å². The Morgan fingerprint density at radius 2 is 2.13 bits per heavy atom. The van der Waals surface area contributed by atoms with Crippen molar-refractivity contribution < 1.29 is 9.13 Å². The fraction of sp³-hybridized carbons (Fsp3) is 0.450. The van der Waals surface area contributed by atoms with E-state index in [-0.39, 0.29) is 17.6 Å². The Labute approximate surface area is 177 Å². The number of anilines is 2. The standard InChI is InChI=1S/C20H22FN7OS/c1-10-27-28-16(30-10)8-23-18-17(21)19(26-20(22)25-18)29-9-12-7-13(12)15-6-5-11-3-2-4-14(11)24-15/h5-6,12-13H,2-4,7-9H2,1H3,(H3,22,23,25,26)/t12-,13+/m1/s1. The number of pyridine rings is 1. The number of nitrogen functional groups attached to an aromatic ring is 1. The van der Waals surface area contributed by atoms with Gasteiger partial charge in [-0.05, 0) is 44.2 Å². The molecule has 2 aliphatic carbocycles. The second-order valence-corrected chi connectivity index (χ2v) is 8.99. The van der Waals surface area contributed by atoms with Crippen molar-refractivity contribution in [3.8, 4) is 5.88 Å². The van der Waals surface area contributed by atoms with E-state index < -0.39 is 5.82 Å². The van der Waals surface area contributed by atoms with Crippen molar-refractivity contribution >= 4 is 23.1 Å². The molecule has 2 aliphatic rings. The Hall–Kier alpha value is -2.88. The summed E-state index contributed by atoms with van der Waals surface area (Å²) in [5, 5.41) is 12.4. The summed E-state index contributed by atoms with van der Waals surface area (Å²) in [5.74, 6) is -0.179. The lowest BCUT2D eigenvalue weighted by Gasteiger charge is -2.10. The molecule has 3 heterocycles. The van der Waals surface area contributed by atoms with Crippen molar-refractivity contribution in [3.05, 3.63) is 44.9 Å². The molecule has 30 heavy (non-hydrogen) atoms. The number of hydrogen-bond donors (Lipinski definition) is 2. The SMILES string of the molecule is Cc1nnc(CNc2nc(N)nc(OC[C@H]3C[C@@H]3c3ccc4c(n3)CCC4)c2F)s1. The van der Waals surface area contributed by atoms with Gasteiger partial charge in [0.2, 0.25) is 11.8 Å². The minimum Gasteiger partial charge on any atom is -0.475 e. The van der Waals surface area contributed by atoms with Crippen LogP contribution >= 0.6 is 11.3 Å². The van der Waals surface area contributed by atoms with Crippen LogP contribution in [-0.4, -0.2) is 31.8 Å². The van der Waals surface area contributed by atoms with E-state index in [1.165, 1.54) is 29.0 Å². The first-order valence-electron chi connectivity index (χ1n) is 10.0. The second-order valence-electron chi connectivity index (χ2n) is 7.73. The van der Waals surface area contributed by atoms with Gasteiger partial charge in [-0.15, -0.1) is 10.2 Å². The number of fused-ring (bicyclic) bond motifs is 1. The average molecular weight is 428 g/mol. The summed E-state index contributed by atoms with van der Waals surface area (Å²) in [6, 6.07) is 4.32. The van der Waals surface area contributed by atoms with Crippen LogP contribution in [0, 0.1) is 18.7 Å². The van der Waals surface area contributed by atoms with Gasteiger partial charge in [-0.3, -0.25) is 4.98 Å². The Bertz CT molecular complexity index is 1090. The van der Waals surface area contributed by atoms with Crippen molar-refractivity contribution in [3.63, 3.8) is 0 Å². The molecule has 0 saturated heterocycles. The first kappa shape index (κ1) is 19.1. The third kappa shape index (κ3) is 3.91. The van der Waals surface area contributed by atoms with Crippen LogP contribution in [0.25, 0.3) is 0 Å². The predicted molar refractivity (Wildman–Crippen MR) is 111 cm³/mol. The molecule has 0 bridgehead atoms. The first-order valence-corrected chi connectivity index (χ1v) is 10.9. The summed E-state index contributed by atoms with van der Waals surface area (Å²) in [4.78, 5) is 12.7. The van der Waals surface area contributed by atoms with Crippen molar-refractivity contribution in [1.82, 2.24) is 25.1 Å². The van der Waals surface area contributed by atoms with Crippen LogP contribution in [0.1, 0.15) is 45.7 Å². The molecule has 0 amide bonds. The third-order valence-electron chi connectivity index (χ3n) is 5.50. The number of nitrogens with one attached hydrogen (secondary N) is 1. The van der Waals surface area contributed by atoms with Crippen LogP contribution in [0.3, 0.4) is 0 Å². The number of hydrogen-bond acceptors (Lipinski definition) is 9. The number of aryl methyl sites for hydroxylation is 3. The van der Waals surface area contributed by atoms with Crippen LogP contribution in [0.4, 0.5) is 16.2 Å². The van der Waals surface area contributed by atoms with Gasteiger partial charge in [-0.2, -0.15) is 14.4 Å². The lowest BCUT2D eigenvalue weighted by molar-refractivity contribution is 0.271. The van der Waals surface area contributed by atoms with E-state index in [1.54, 1.807) is 0 Å². The number of rotatable bonds is 7. The normalized spacial score (nSPS) is 19.5. The van der Waals surface area contributed by atoms with E-state index >= 15 is 0 Å². The molecule has 0 aromatic carbocycles. The number of aromatic nitrogens is 5. The molecule has 3 aromatic rings. The van der Waals surface area contributed by atoms with Gasteiger partial charge in [0.25, 0.3) is 5.88 Å². The highest BCUT2D eigenvalue weighted by Crippen LogP contribution is 2.47. The molecule has 10 heteroatoms.